The second kappa shape index (κ2) is 13.4. The number of aryl methyl sites for hydroxylation is 1. The van der Waals surface area contributed by atoms with Crippen molar-refractivity contribution >= 4 is 34.7 Å². The molecule has 3 amide bonds. The summed E-state index contributed by atoms with van der Waals surface area (Å²) in [6.45, 7) is 5.28. The van der Waals surface area contributed by atoms with Crippen LogP contribution in [0.3, 0.4) is 0 Å². The molecule has 0 saturated carbocycles. The van der Waals surface area contributed by atoms with Crippen LogP contribution in [0.2, 0.25) is 0 Å². The fourth-order valence-corrected chi connectivity index (χ4v) is 5.88. The highest BCUT2D eigenvalue weighted by Gasteiger charge is 2.30. The summed E-state index contributed by atoms with van der Waals surface area (Å²) in [7, 11) is 0. The minimum atomic E-state index is -0.214. The van der Waals surface area contributed by atoms with E-state index in [0.29, 0.717) is 66.8 Å². The lowest BCUT2D eigenvalue weighted by Gasteiger charge is -2.31. The summed E-state index contributed by atoms with van der Waals surface area (Å²) in [6, 6.07) is 16.8. The molecule has 10 nitrogen and oxygen atoms in total. The maximum Gasteiger partial charge on any atom is 0.270 e. The van der Waals surface area contributed by atoms with Crippen molar-refractivity contribution in [2.24, 2.45) is 0 Å². The van der Waals surface area contributed by atoms with E-state index in [1.54, 1.807) is 24.4 Å². The number of likely N-dealkylation sites (tertiary alicyclic amines) is 1. The average Bonchev–Trinajstić information content (AvgIpc) is 3.64. The number of nitrogens with one attached hydrogen (secondary N) is 2. The van der Waals surface area contributed by atoms with Crippen molar-refractivity contribution < 1.29 is 23.6 Å². The Morgan fingerprint density at radius 2 is 1.88 bits per heavy atom. The maximum absolute atomic E-state index is 13.4. The number of anilines is 1. The summed E-state index contributed by atoms with van der Waals surface area (Å²) in [5, 5.41) is 12.5. The van der Waals surface area contributed by atoms with Crippen LogP contribution in [0.1, 0.15) is 63.7 Å². The van der Waals surface area contributed by atoms with E-state index in [4.69, 9.17) is 9.26 Å². The number of nitrogens with zero attached hydrogens (tertiary/aromatic N) is 3. The first-order valence-corrected chi connectivity index (χ1v) is 14.8. The van der Waals surface area contributed by atoms with E-state index in [0.717, 1.165) is 23.4 Å². The molecule has 11 heteroatoms. The number of carbonyl (C=O) groups excluding carboxylic acids is 3. The van der Waals surface area contributed by atoms with E-state index in [9.17, 15) is 14.4 Å². The lowest BCUT2D eigenvalue weighted by Crippen LogP contribution is -2.38. The van der Waals surface area contributed by atoms with Gasteiger partial charge in [-0.05, 0) is 38.3 Å². The molecule has 2 N–H and O–H groups in total. The van der Waals surface area contributed by atoms with Gasteiger partial charge >= 0.3 is 0 Å². The van der Waals surface area contributed by atoms with Gasteiger partial charge in [0.05, 0.1) is 11.6 Å². The molecule has 0 bridgehead atoms. The van der Waals surface area contributed by atoms with Crippen LogP contribution >= 0.6 is 11.3 Å². The van der Waals surface area contributed by atoms with E-state index in [1.807, 2.05) is 47.4 Å². The molecule has 42 heavy (non-hydrogen) atoms. The van der Waals surface area contributed by atoms with Crippen molar-refractivity contribution in [1.29, 1.82) is 0 Å². The van der Waals surface area contributed by atoms with Gasteiger partial charge in [-0.2, -0.15) is 0 Å². The van der Waals surface area contributed by atoms with Crippen molar-refractivity contribution in [3.63, 3.8) is 0 Å². The minimum Gasteiger partial charge on any atom is -0.493 e. The van der Waals surface area contributed by atoms with E-state index in [-0.39, 0.29) is 23.6 Å². The van der Waals surface area contributed by atoms with Gasteiger partial charge in [0.25, 0.3) is 11.8 Å². The van der Waals surface area contributed by atoms with Crippen LogP contribution in [0.15, 0.2) is 64.5 Å². The van der Waals surface area contributed by atoms with Crippen molar-refractivity contribution in [3.8, 4) is 17.0 Å². The van der Waals surface area contributed by atoms with Crippen LogP contribution in [0.4, 0.5) is 5.69 Å². The molecule has 218 valence electrons. The highest BCUT2D eigenvalue weighted by Crippen LogP contribution is 2.33. The zero-order valence-corrected chi connectivity index (χ0v) is 24.4. The van der Waals surface area contributed by atoms with Crippen LogP contribution in [-0.4, -0.2) is 59.0 Å². The number of aromatic nitrogens is 2. The van der Waals surface area contributed by atoms with Crippen LogP contribution in [0, 0.1) is 6.92 Å². The first-order valence-electron chi connectivity index (χ1n) is 13.9. The third kappa shape index (κ3) is 7.03. The number of piperidine rings is 1. The molecule has 1 aliphatic rings. The van der Waals surface area contributed by atoms with E-state index in [1.165, 1.54) is 18.3 Å². The van der Waals surface area contributed by atoms with Crippen molar-refractivity contribution in [2.75, 3.05) is 31.6 Å². The quantitative estimate of drug-likeness (QED) is 0.242. The van der Waals surface area contributed by atoms with Gasteiger partial charge in [-0.3, -0.25) is 14.4 Å². The van der Waals surface area contributed by atoms with Gasteiger partial charge in [0.2, 0.25) is 5.91 Å². The normalized spacial score (nSPS) is 13.5. The predicted octanol–water partition coefficient (Wildman–Crippen LogP) is 5.28. The van der Waals surface area contributed by atoms with Crippen molar-refractivity contribution in [2.45, 2.75) is 39.0 Å². The molecule has 0 aliphatic carbocycles. The number of amides is 3. The van der Waals surface area contributed by atoms with Crippen molar-refractivity contribution in [3.05, 3.63) is 82.0 Å². The van der Waals surface area contributed by atoms with Gasteiger partial charge in [-0.1, -0.05) is 41.6 Å². The second-order valence-corrected chi connectivity index (χ2v) is 11.0. The molecule has 2 aromatic heterocycles. The number of thiazole rings is 1. The smallest absolute Gasteiger partial charge is 0.270 e. The molecule has 1 saturated heterocycles. The summed E-state index contributed by atoms with van der Waals surface area (Å²) in [6.07, 6.45) is 2.16. The standard InChI is InChI=1S/C31H33N5O5S/c1-20-27(28(35-41-20)22-8-4-3-5-9-22)31(39)36-15-12-23(13-16-36)30-34-26(19-42-30)29(38)32-14-7-17-40-25-11-6-10-24(18-25)33-21(2)37/h3-6,8-11,18-19,23H,7,12-17H2,1-2H3,(H,32,38)(H,33,37). The highest BCUT2D eigenvalue weighted by atomic mass is 32.1. The highest BCUT2D eigenvalue weighted by molar-refractivity contribution is 7.09. The third-order valence-electron chi connectivity index (χ3n) is 7.04. The van der Waals surface area contributed by atoms with Crippen LogP contribution < -0.4 is 15.4 Å². The van der Waals surface area contributed by atoms with Gasteiger partial charge in [0.1, 0.15) is 28.5 Å². The number of rotatable bonds is 10. The molecule has 1 fully saturated rings. The Hall–Kier alpha value is -4.51. The first-order chi connectivity index (χ1) is 20.4. The van der Waals surface area contributed by atoms with E-state index >= 15 is 0 Å². The molecule has 1 aliphatic heterocycles. The lowest BCUT2D eigenvalue weighted by molar-refractivity contribution is -0.114. The Labute approximate surface area is 248 Å². The Morgan fingerprint density at radius 3 is 2.64 bits per heavy atom. The van der Waals surface area contributed by atoms with Gasteiger partial charge < -0.3 is 24.8 Å². The topological polar surface area (TPSA) is 127 Å². The molecule has 0 spiro atoms. The van der Waals surface area contributed by atoms with Crippen LogP contribution in [0.5, 0.6) is 5.75 Å². The van der Waals surface area contributed by atoms with Gasteiger partial charge in [-0.15, -0.1) is 11.3 Å². The number of benzene rings is 2. The molecule has 3 heterocycles. The van der Waals surface area contributed by atoms with E-state index in [2.05, 4.69) is 20.8 Å². The van der Waals surface area contributed by atoms with E-state index < -0.39 is 0 Å². The summed E-state index contributed by atoms with van der Waals surface area (Å²) in [5.41, 5.74) is 3.01. The van der Waals surface area contributed by atoms with Gasteiger partial charge in [-0.25, -0.2) is 4.98 Å². The SMILES string of the molecule is CC(=O)Nc1cccc(OCCCNC(=O)c2csc(C3CCN(C(=O)c4c(-c5ccccc5)noc4C)CC3)n2)c1. The molecular formula is C31H33N5O5S. The van der Waals surface area contributed by atoms with Crippen molar-refractivity contribution in [1.82, 2.24) is 20.4 Å². The fraction of sp³-hybridized carbons (Fsp3) is 0.323. The molecule has 2 aromatic carbocycles. The predicted molar refractivity (Wildman–Crippen MR) is 160 cm³/mol. The zero-order valence-electron chi connectivity index (χ0n) is 23.6. The van der Waals surface area contributed by atoms with Crippen LogP contribution in [-0.2, 0) is 4.79 Å². The minimum absolute atomic E-state index is 0.0744. The Morgan fingerprint density at radius 1 is 1.10 bits per heavy atom. The average molecular weight is 588 g/mol. The summed E-state index contributed by atoms with van der Waals surface area (Å²) in [5.74, 6) is 0.927. The summed E-state index contributed by atoms with van der Waals surface area (Å²) in [4.78, 5) is 43.8. The monoisotopic (exact) mass is 587 g/mol. The largest absolute Gasteiger partial charge is 0.493 e. The zero-order chi connectivity index (χ0) is 29.5. The Balaban J connectivity index is 1.07. The molecular weight excluding hydrogens is 554 g/mol. The number of ether oxygens (including phenoxy) is 1. The fourth-order valence-electron chi connectivity index (χ4n) is 4.91. The molecule has 0 radical (unpaired) electrons. The molecule has 0 unspecified atom stereocenters. The second-order valence-electron chi connectivity index (χ2n) is 10.1. The van der Waals surface area contributed by atoms with Gasteiger partial charge in [0.15, 0.2) is 0 Å². The maximum atomic E-state index is 13.4. The number of carbonyl (C=O) groups is 3. The number of hydrogen-bond acceptors (Lipinski definition) is 8. The number of hydrogen-bond donors (Lipinski definition) is 2. The molecule has 4 aromatic rings. The Kier molecular flexibility index (Phi) is 9.28. The van der Waals surface area contributed by atoms with Gasteiger partial charge in [0, 0.05) is 55.2 Å². The molecule has 5 rings (SSSR count). The Bertz CT molecular complexity index is 1540. The third-order valence-corrected chi connectivity index (χ3v) is 8.05. The first kappa shape index (κ1) is 29.0. The molecule has 0 atom stereocenters. The lowest BCUT2D eigenvalue weighted by atomic mass is 9.96. The van der Waals surface area contributed by atoms with Crippen LogP contribution in [0.25, 0.3) is 11.3 Å². The summed E-state index contributed by atoms with van der Waals surface area (Å²) < 4.78 is 11.1. The summed E-state index contributed by atoms with van der Waals surface area (Å²) >= 11 is 1.49.